The summed E-state index contributed by atoms with van der Waals surface area (Å²) in [5, 5.41) is 5.25. The first-order valence-electron chi connectivity index (χ1n) is 12.0. The Balaban J connectivity index is 1.28. The van der Waals surface area contributed by atoms with Gasteiger partial charge in [0.05, 0.1) is 31.0 Å². The number of ether oxygens (including phenoxy) is 3. The predicted octanol–water partition coefficient (Wildman–Crippen LogP) is 4.98. The fraction of sp³-hybridized carbons (Fsp3) is 0.222. The normalized spacial score (nSPS) is 15.1. The second kappa shape index (κ2) is 10.1. The monoisotopic (exact) mass is 515 g/mol. The van der Waals surface area contributed by atoms with E-state index in [0.29, 0.717) is 42.2 Å². The molecule has 2 aromatic carbocycles. The lowest BCUT2D eigenvalue weighted by Crippen LogP contribution is -2.36. The highest BCUT2D eigenvalue weighted by molar-refractivity contribution is 7.17. The van der Waals surface area contributed by atoms with E-state index in [1.165, 1.54) is 17.4 Å². The molecular formula is C27H25N5O4S. The van der Waals surface area contributed by atoms with E-state index in [1.54, 1.807) is 11.0 Å². The van der Waals surface area contributed by atoms with Gasteiger partial charge in [-0.25, -0.2) is 4.98 Å². The number of nitrogens with zero attached hydrogens (tertiary/aromatic N) is 4. The van der Waals surface area contributed by atoms with E-state index in [9.17, 15) is 4.79 Å². The van der Waals surface area contributed by atoms with Crippen LogP contribution in [-0.2, 0) is 9.53 Å². The van der Waals surface area contributed by atoms with Crippen molar-refractivity contribution < 1.29 is 19.0 Å². The molecule has 1 N–H and O–H groups in total. The third kappa shape index (κ3) is 4.68. The molecule has 9 nitrogen and oxygen atoms in total. The zero-order valence-electron chi connectivity index (χ0n) is 20.1. The average molecular weight is 516 g/mol. The number of amides is 1. The Hall–Kier alpha value is -4.15. The lowest BCUT2D eigenvalue weighted by Gasteiger charge is -2.29. The number of rotatable bonds is 6. The number of para-hydroxylation sites is 1. The van der Waals surface area contributed by atoms with Crippen molar-refractivity contribution in [3.05, 3.63) is 66.6 Å². The van der Waals surface area contributed by atoms with E-state index < -0.39 is 0 Å². The van der Waals surface area contributed by atoms with Crippen molar-refractivity contribution >= 4 is 50.5 Å². The number of hydrogen-bond donors (Lipinski definition) is 1. The van der Waals surface area contributed by atoms with Crippen LogP contribution >= 0.6 is 11.3 Å². The van der Waals surface area contributed by atoms with Gasteiger partial charge in [0.2, 0.25) is 11.8 Å². The van der Waals surface area contributed by atoms with Crippen molar-refractivity contribution in [2.75, 3.05) is 54.6 Å². The first-order chi connectivity index (χ1) is 18.2. The van der Waals surface area contributed by atoms with Gasteiger partial charge in [-0.2, -0.15) is 4.98 Å². The molecule has 0 aliphatic carbocycles. The zero-order chi connectivity index (χ0) is 25.2. The van der Waals surface area contributed by atoms with Gasteiger partial charge in [-0.05, 0) is 53.9 Å². The van der Waals surface area contributed by atoms with Crippen LogP contribution in [0.1, 0.15) is 0 Å². The van der Waals surface area contributed by atoms with E-state index in [1.807, 2.05) is 35.7 Å². The predicted molar refractivity (Wildman–Crippen MR) is 145 cm³/mol. The first-order valence-corrected chi connectivity index (χ1v) is 12.9. The summed E-state index contributed by atoms with van der Waals surface area (Å²) in [7, 11) is 0. The Morgan fingerprint density at radius 2 is 1.89 bits per heavy atom. The smallest absolute Gasteiger partial charge is 0.250 e. The number of benzene rings is 2. The fourth-order valence-electron chi connectivity index (χ4n) is 4.41. The molecule has 0 unspecified atom stereocenters. The van der Waals surface area contributed by atoms with Crippen LogP contribution in [0.4, 0.5) is 23.0 Å². The van der Waals surface area contributed by atoms with Crippen molar-refractivity contribution in [2.45, 2.75) is 0 Å². The zero-order valence-corrected chi connectivity index (χ0v) is 20.9. The number of nitrogens with one attached hydrogen (secondary N) is 1. The molecule has 188 valence electrons. The van der Waals surface area contributed by atoms with Gasteiger partial charge < -0.3 is 29.3 Å². The van der Waals surface area contributed by atoms with Gasteiger partial charge >= 0.3 is 0 Å². The van der Waals surface area contributed by atoms with Crippen molar-refractivity contribution in [1.82, 2.24) is 9.97 Å². The number of carbonyl (C=O) groups is 1. The summed E-state index contributed by atoms with van der Waals surface area (Å²) in [6.45, 7) is 7.68. The van der Waals surface area contributed by atoms with E-state index in [2.05, 4.69) is 38.9 Å². The lowest BCUT2D eigenvalue weighted by molar-refractivity contribution is -0.114. The maximum Gasteiger partial charge on any atom is 0.250 e. The van der Waals surface area contributed by atoms with Crippen LogP contribution in [0, 0.1) is 0 Å². The Labute approximate surface area is 217 Å². The molecule has 1 saturated heterocycles. The topological polar surface area (TPSA) is 89.1 Å². The molecule has 37 heavy (non-hydrogen) atoms. The van der Waals surface area contributed by atoms with Crippen LogP contribution in [0.5, 0.6) is 17.4 Å². The molecule has 2 aliphatic rings. The largest absolute Gasteiger partial charge is 0.486 e. The molecule has 0 saturated carbocycles. The number of carbonyl (C=O) groups excluding carboxylic acids is 1. The molecule has 0 radical (unpaired) electrons. The molecule has 2 aromatic heterocycles. The molecule has 0 bridgehead atoms. The number of anilines is 4. The van der Waals surface area contributed by atoms with Gasteiger partial charge in [-0.15, -0.1) is 11.3 Å². The highest BCUT2D eigenvalue weighted by atomic mass is 32.1. The molecule has 4 heterocycles. The standard InChI is InChI=1S/C27H25N5O4S/c1-2-23(33)32-13-16-35-24-21(32)4-3-5-22(24)36-26-25-20(10-17-37-25)29-27(30-26)28-18-6-8-19(9-7-18)31-11-14-34-15-12-31/h2-10,17H,1,11-16H2,(H,28,29,30). The molecule has 1 fully saturated rings. The molecule has 2 aliphatic heterocycles. The van der Waals surface area contributed by atoms with Gasteiger partial charge in [-0.3, -0.25) is 4.79 Å². The minimum absolute atomic E-state index is 0.185. The second-order valence-electron chi connectivity index (χ2n) is 8.51. The van der Waals surface area contributed by atoms with Crippen LogP contribution in [0.2, 0.25) is 0 Å². The number of morpholine rings is 1. The van der Waals surface area contributed by atoms with E-state index in [0.717, 1.165) is 47.9 Å². The second-order valence-corrected chi connectivity index (χ2v) is 9.42. The summed E-state index contributed by atoms with van der Waals surface area (Å²) < 4.78 is 18.5. The minimum Gasteiger partial charge on any atom is -0.486 e. The van der Waals surface area contributed by atoms with Crippen molar-refractivity contribution in [2.24, 2.45) is 0 Å². The minimum atomic E-state index is -0.185. The highest BCUT2D eigenvalue weighted by Crippen LogP contribution is 2.43. The molecule has 10 heteroatoms. The Morgan fingerprint density at radius 1 is 1.05 bits per heavy atom. The van der Waals surface area contributed by atoms with Crippen LogP contribution in [-0.4, -0.2) is 55.3 Å². The molecule has 1 amide bonds. The average Bonchev–Trinajstić information content (AvgIpc) is 3.42. The number of hydrogen-bond acceptors (Lipinski definition) is 9. The quantitative estimate of drug-likeness (QED) is 0.360. The van der Waals surface area contributed by atoms with Gasteiger partial charge in [-0.1, -0.05) is 12.6 Å². The fourth-order valence-corrected chi connectivity index (χ4v) is 5.17. The van der Waals surface area contributed by atoms with E-state index in [4.69, 9.17) is 14.2 Å². The van der Waals surface area contributed by atoms with E-state index >= 15 is 0 Å². The number of thiophene rings is 1. The SMILES string of the molecule is C=CC(=O)N1CCOc2c(Oc3nc(Nc4ccc(N5CCOCC5)cc4)nc4ccsc34)cccc21. The molecular weight excluding hydrogens is 490 g/mol. The van der Waals surface area contributed by atoms with Gasteiger partial charge in [0.15, 0.2) is 11.5 Å². The summed E-state index contributed by atoms with van der Waals surface area (Å²) in [6.07, 6.45) is 1.30. The maximum atomic E-state index is 12.3. The Bertz CT molecular complexity index is 1450. The number of fused-ring (bicyclic) bond motifs is 2. The Morgan fingerprint density at radius 3 is 2.70 bits per heavy atom. The van der Waals surface area contributed by atoms with Crippen LogP contribution in [0.3, 0.4) is 0 Å². The molecule has 0 atom stereocenters. The van der Waals surface area contributed by atoms with Gasteiger partial charge in [0.1, 0.15) is 11.3 Å². The van der Waals surface area contributed by atoms with Crippen molar-refractivity contribution in [3.63, 3.8) is 0 Å². The van der Waals surface area contributed by atoms with Gasteiger partial charge in [0.25, 0.3) is 5.91 Å². The van der Waals surface area contributed by atoms with Crippen LogP contribution < -0.4 is 24.6 Å². The summed E-state index contributed by atoms with van der Waals surface area (Å²) >= 11 is 1.50. The lowest BCUT2D eigenvalue weighted by atomic mass is 10.2. The van der Waals surface area contributed by atoms with Gasteiger partial charge in [0, 0.05) is 24.5 Å². The number of aromatic nitrogens is 2. The molecule has 6 rings (SSSR count). The maximum absolute atomic E-state index is 12.3. The third-order valence-electron chi connectivity index (χ3n) is 6.23. The van der Waals surface area contributed by atoms with Crippen molar-refractivity contribution in [1.29, 1.82) is 0 Å². The van der Waals surface area contributed by atoms with Crippen molar-refractivity contribution in [3.8, 4) is 17.4 Å². The summed E-state index contributed by atoms with van der Waals surface area (Å²) in [4.78, 5) is 25.6. The summed E-state index contributed by atoms with van der Waals surface area (Å²) in [6, 6.07) is 15.6. The van der Waals surface area contributed by atoms with Crippen LogP contribution in [0.25, 0.3) is 10.2 Å². The van der Waals surface area contributed by atoms with Crippen LogP contribution in [0.15, 0.2) is 66.6 Å². The summed E-state index contributed by atoms with van der Waals surface area (Å²) in [5.41, 5.74) is 3.45. The van der Waals surface area contributed by atoms with E-state index in [-0.39, 0.29) is 5.91 Å². The third-order valence-corrected chi connectivity index (χ3v) is 7.12. The highest BCUT2D eigenvalue weighted by Gasteiger charge is 2.26. The Kier molecular flexibility index (Phi) is 6.33. The summed E-state index contributed by atoms with van der Waals surface area (Å²) in [5.74, 6) is 1.63. The molecule has 0 spiro atoms. The molecule has 4 aromatic rings. The first kappa shape index (κ1) is 23.3.